The molecule has 1 aliphatic rings. The van der Waals surface area contributed by atoms with Crippen LogP contribution in [0, 0.1) is 5.41 Å². The summed E-state index contributed by atoms with van der Waals surface area (Å²) in [5, 5.41) is 8.83. The fourth-order valence-corrected chi connectivity index (χ4v) is 1.75. The zero-order valence-corrected chi connectivity index (χ0v) is 7.56. The summed E-state index contributed by atoms with van der Waals surface area (Å²) in [6.45, 7) is 3.86. The van der Waals surface area contributed by atoms with E-state index in [1.807, 2.05) is 13.8 Å². The molecule has 1 saturated carbocycles. The lowest BCUT2D eigenvalue weighted by Crippen LogP contribution is -2.45. The first-order valence-electron chi connectivity index (χ1n) is 3.80. The Morgan fingerprint density at radius 3 is 2.64 bits per heavy atom. The minimum Gasteiger partial charge on any atom is -0.391 e. The van der Waals surface area contributed by atoms with Crippen molar-refractivity contribution in [1.29, 1.82) is 0 Å². The van der Waals surface area contributed by atoms with Gasteiger partial charge in [-0.2, -0.15) is 0 Å². The lowest BCUT2D eigenvalue weighted by atomic mass is 9.74. The van der Waals surface area contributed by atoms with Crippen molar-refractivity contribution in [2.24, 2.45) is 5.41 Å². The standard InChI is InChI=1S/C8H13ClO2/c1-8(2)4-3-5(10)6(9)7(8)11/h6-7,11H,3-4H2,1-2H3. The largest absolute Gasteiger partial charge is 0.391 e. The van der Waals surface area contributed by atoms with Gasteiger partial charge in [-0.05, 0) is 11.8 Å². The van der Waals surface area contributed by atoms with Gasteiger partial charge in [0.2, 0.25) is 0 Å². The summed E-state index contributed by atoms with van der Waals surface area (Å²) in [5.74, 6) is -0.0292. The Hall–Kier alpha value is -0.0800. The molecule has 1 aliphatic carbocycles. The lowest BCUT2D eigenvalue weighted by Gasteiger charge is -2.37. The van der Waals surface area contributed by atoms with E-state index in [9.17, 15) is 9.90 Å². The maximum Gasteiger partial charge on any atom is 0.153 e. The summed E-state index contributed by atoms with van der Waals surface area (Å²) in [4.78, 5) is 11.0. The minimum absolute atomic E-state index is 0.0292. The Kier molecular flexibility index (Phi) is 2.26. The zero-order chi connectivity index (χ0) is 8.65. The molecule has 0 saturated heterocycles. The van der Waals surface area contributed by atoms with Crippen LogP contribution in [0.2, 0.25) is 0 Å². The van der Waals surface area contributed by atoms with Gasteiger partial charge < -0.3 is 5.11 Å². The minimum atomic E-state index is -0.696. The third kappa shape index (κ3) is 1.57. The van der Waals surface area contributed by atoms with Gasteiger partial charge in [0.05, 0.1) is 6.10 Å². The molecule has 0 amide bonds. The molecule has 1 rings (SSSR count). The third-order valence-electron chi connectivity index (χ3n) is 2.40. The van der Waals surface area contributed by atoms with Gasteiger partial charge in [-0.3, -0.25) is 4.79 Å². The molecule has 0 radical (unpaired) electrons. The second kappa shape index (κ2) is 2.76. The summed E-state index contributed by atoms with van der Waals surface area (Å²) in [6.07, 6.45) is 0.541. The number of Topliss-reactive ketones (excluding diaryl/α,β-unsaturated/α-hetero) is 1. The van der Waals surface area contributed by atoms with E-state index >= 15 is 0 Å². The third-order valence-corrected chi connectivity index (χ3v) is 2.88. The predicted molar refractivity (Wildman–Crippen MR) is 43.7 cm³/mol. The molecule has 0 aromatic heterocycles. The maximum atomic E-state index is 11.0. The van der Waals surface area contributed by atoms with Crippen LogP contribution in [0.5, 0.6) is 0 Å². The second-order valence-corrected chi connectivity index (χ2v) is 4.27. The number of carbonyl (C=O) groups excluding carboxylic acids is 1. The van der Waals surface area contributed by atoms with Crippen LogP contribution in [0.4, 0.5) is 0 Å². The van der Waals surface area contributed by atoms with Crippen LogP contribution >= 0.6 is 11.6 Å². The van der Waals surface area contributed by atoms with Crippen LogP contribution in [0.1, 0.15) is 26.7 Å². The van der Waals surface area contributed by atoms with Crippen LogP contribution in [-0.2, 0) is 4.79 Å². The first kappa shape index (κ1) is 9.01. The molecule has 0 bridgehead atoms. The Morgan fingerprint density at radius 2 is 2.18 bits per heavy atom. The number of carbonyl (C=O) groups is 1. The van der Waals surface area contributed by atoms with Crippen LogP contribution in [-0.4, -0.2) is 22.4 Å². The van der Waals surface area contributed by atoms with Crippen LogP contribution in [0.15, 0.2) is 0 Å². The van der Waals surface area contributed by atoms with Gasteiger partial charge in [0.15, 0.2) is 5.78 Å². The summed E-state index contributed by atoms with van der Waals surface area (Å²) in [6, 6.07) is 0. The van der Waals surface area contributed by atoms with Crippen LogP contribution in [0.3, 0.4) is 0 Å². The van der Waals surface area contributed by atoms with E-state index in [0.717, 1.165) is 6.42 Å². The molecular formula is C8H13ClO2. The lowest BCUT2D eigenvalue weighted by molar-refractivity contribution is -0.126. The predicted octanol–water partition coefficient (Wildman–Crippen LogP) is 1.34. The van der Waals surface area contributed by atoms with Crippen molar-refractivity contribution in [2.45, 2.75) is 38.2 Å². The molecule has 2 unspecified atom stereocenters. The quantitative estimate of drug-likeness (QED) is 0.566. The fourth-order valence-electron chi connectivity index (χ4n) is 1.30. The van der Waals surface area contributed by atoms with Gasteiger partial charge in [-0.15, -0.1) is 11.6 Å². The van der Waals surface area contributed by atoms with Crippen molar-refractivity contribution in [3.63, 3.8) is 0 Å². The number of hydrogen-bond donors (Lipinski definition) is 1. The van der Waals surface area contributed by atoms with E-state index in [2.05, 4.69) is 0 Å². The van der Waals surface area contributed by atoms with Gasteiger partial charge in [0.25, 0.3) is 0 Å². The Morgan fingerprint density at radius 1 is 1.64 bits per heavy atom. The Labute approximate surface area is 71.5 Å². The number of rotatable bonds is 0. The highest BCUT2D eigenvalue weighted by Gasteiger charge is 2.41. The number of hydrogen-bond acceptors (Lipinski definition) is 2. The average molecular weight is 177 g/mol. The van der Waals surface area contributed by atoms with Gasteiger partial charge in [-0.25, -0.2) is 0 Å². The molecular weight excluding hydrogens is 164 g/mol. The monoisotopic (exact) mass is 176 g/mol. The summed E-state index contributed by atoms with van der Waals surface area (Å²) >= 11 is 5.70. The fraction of sp³-hybridized carbons (Fsp3) is 0.875. The SMILES string of the molecule is CC1(C)CCC(=O)C(Cl)C1O. The Bertz CT molecular complexity index is 177. The first-order chi connectivity index (χ1) is 4.95. The molecule has 0 spiro atoms. The van der Waals surface area contributed by atoms with Gasteiger partial charge >= 0.3 is 0 Å². The van der Waals surface area contributed by atoms with E-state index in [-0.39, 0.29) is 11.2 Å². The smallest absolute Gasteiger partial charge is 0.153 e. The molecule has 64 valence electrons. The van der Waals surface area contributed by atoms with Gasteiger partial charge in [0, 0.05) is 6.42 Å². The Balaban J connectivity index is 2.75. The van der Waals surface area contributed by atoms with Crippen LogP contribution in [0.25, 0.3) is 0 Å². The number of alkyl halides is 1. The maximum absolute atomic E-state index is 11.0. The number of aliphatic hydroxyl groups is 1. The van der Waals surface area contributed by atoms with E-state index in [1.54, 1.807) is 0 Å². The molecule has 1 N–H and O–H groups in total. The van der Waals surface area contributed by atoms with Crippen molar-refractivity contribution in [3.8, 4) is 0 Å². The second-order valence-electron chi connectivity index (χ2n) is 3.80. The number of halogens is 1. The molecule has 11 heavy (non-hydrogen) atoms. The molecule has 2 atom stereocenters. The van der Waals surface area contributed by atoms with E-state index in [1.165, 1.54) is 0 Å². The molecule has 0 heterocycles. The molecule has 0 aromatic rings. The van der Waals surface area contributed by atoms with Crippen molar-refractivity contribution >= 4 is 17.4 Å². The van der Waals surface area contributed by atoms with E-state index in [0.29, 0.717) is 6.42 Å². The van der Waals surface area contributed by atoms with Crippen LogP contribution < -0.4 is 0 Å². The molecule has 0 aromatic carbocycles. The van der Waals surface area contributed by atoms with E-state index in [4.69, 9.17) is 11.6 Å². The average Bonchev–Trinajstić information content (AvgIpc) is 1.95. The highest BCUT2D eigenvalue weighted by molar-refractivity contribution is 6.31. The highest BCUT2D eigenvalue weighted by atomic mass is 35.5. The van der Waals surface area contributed by atoms with Crippen molar-refractivity contribution < 1.29 is 9.90 Å². The van der Waals surface area contributed by atoms with E-state index < -0.39 is 11.5 Å². The van der Waals surface area contributed by atoms with Crippen molar-refractivity contribution in [3.05, 3.63) is 0 Å². The highest BCUT2D eigenvalue weighted by Crippen LogP contribution is 2.36. The number of ketones is 1. The summed E-state index contributed by atoms with van der Waals surface area (Å²) in [5.41, 5.74) is -0.208. The zero-order valence-electron chi connectivity index (χ0n) is 6.80. The van der Waals surface area contributed by atoms with Gasteiger partial charge in [-0.1, -0.05) is 13.8 Å². The number of aliphatic hydroxyl groups excluding tert-OH is 1. The topological polar surface area (TPSA) is 37.3 Å². The molecule has 3 heteroatoms. The van der Waals surface area contributed by atoms with Crippen molar-refractivity contribution in [1.82, 2.24) is 0 Å². The molecule has 0 aliphatic heterocycles. The first-order valence-corrected chi connectivity index (χ1v) is 4.23. The van der Waals surface area contributed by atoms with Gasteiger partial charge in [0.1, 0.15) is 5.38 Å². The van der Waals surface area contributed by atoms with Crippen molar-refractivity contribution in [2.75, 3.05) is 0 Å². The molecule has 2 nitrogen and oxygen atoms in total. The summed E-state index contributed by atoms with van der Waals surface area (Å²) in [7, 11) is 0. The summed E-state index contributed by atoms with van der Waals surface area (Å²) < 4.78 is 0. The normalized spacial score (nSPS) is 37.3. The molecule has 1 fully saturated rings.